The second kappa shape index (κ2) is 4.62. The molecule has 0 saturated heterocycles. The van der Waals surface area contributed by atoms with Gasteiger partial charge in [0.25, 0.3) is 0 Å². The van der Waals surface area contributed by atoms with Gasteiger partial charge >= 0.3 is 5.97 Å². The lowest BCUT2D eigenvalue weighted by Gasteiger charge is -2.04. The Morgan fingerprint density at radius 1 is 0.938 bits per heavy atom. The first-order valence-corrected chi connectivity index (χ1v) is 4.95. The van der Waals surface area contributed by atoms with E-state index in [4.69, 9.17) is 4.74 Å². The summed E-state index contributed by atoms with van der Waals surface area (Å²) in [6.45, 7) is 3.76. The summed E-state index contributed by atoms with van der Waals surface area (Å²) >= 11 is 0. The molecule has 2 nitrogen and oxygen atoms in total. The van der Waals surface area contributed by atoms with Gasteiger partial charge in [-0.1, -0.05) is 30.3 Å². The number of rotatable bonds is 2. The van der Waals surface area contributed by atoms with E-state index in [2.05, 4.69) is 6.92 Å². The van der Waals surface area contributed by atoms with Crippen molar-refractivity contribution >= 4 is 5.97 Å². The lowest BCUT2D eigenvalue weighted by atomic mass is 10.2. The van der Waals surface area contributed by atoms with Crippen LogP contribution in [-0.4, -0.2) is 5.97 Å². The Bertz CT molecular complexity index is 472. The van der Waals surface area contributed by atoms with Crippen molar-refractivity contribution in [3.63, 3.8) is 0 Å². The van der Waals surface area contributed by atoms with Crippen molar-refractivity contribution in [2.24, 2.45) is 0 Å². The molecule has 2 rings (SSSR count). The SMILES string of the molecule is [CH2]c1ccc(OC(=O)c2ccccc2)cc1. The summed E-state index contributed by atoms with van der Waals surface area (Å²) in [6.07, 6.45) is 0. The Hall–Kier alpha value is -2.09. The first kappa shape index (κ1) is 10.4. The van der Waals surface area contributed by atoms with Gasteiger partial charge in [-0.15, -0.1) is 0 Å². The Kier molecular flexibility index (Phi) is 3.01. The Balaban J connectivity index is 2.11. The van der Waals surface area contributed by atoms with E-state index in [9.17, 15) is 4.79 Å². The molecule has 0 bridgehead atoms. The fraction of sp³-hybridized carbons (Fsp3) is 0. The Morgan fingerprint density at radius 2 is 1.56 bits per heavy atom. The van der Waals surface area contributed by atoms with Gasteiger partial charge in [0.2, 0.25) is 0 Å². The molecule has 0 unspecified atom stereocenters. The number of hydrogen-bond acceptors (Lipinski definition) is 2. The molecule has 2 heteroatoms. The van der Waals surface area contributed by atoms with Crippen molar-refractivity contribution in [2.45, 2.75) is 0 Å². The highest BCUT2D eigenvalue weighted by atomic mass is 16.5. The lowest BCUT2D eigenvalue weighted by Crippen LogP contribution is -2.07. The zero-order chi connectivity index (χ0) is 11.4. The Morgan fingerprint density at radius 3 is 2.19 bits per heavy atom. The van der Waals surface area contributed by atoms with Crippen LogP contribution in [0.4, 0.5) is 0 Å². The summed E-state index contributed by atoms with van der Waals surface area (Å²) in [5, 5.41) is 0. The van der Waals surface area contributed by atoms with Crippen molar-refractivity contribution in [2.75, 3.05) is 0 Å². The van der Waals surface area contributed by atoms with E-state index >= 15 is 0 Å². The van der Waals surface area contributed by atoms with Crippen LogP contribution < -0.4 is 4.74 Å². The summed E-state index contributed by atoms with van der Waals surface area (Å²) in [4.78, 5) is 11.7. The lowest BCUT2D eigenvalue weighted by molar-refractivity contribution is 0.0735. The maximum absolute atomic E-state index is 11.7. The number of hydrogen-bond donors (Lipinski definition) is 0. The van der Waals surface area contributed by atoms with Gasteiger partial charge in [-0.2, -0.15) is 0 Å². The smallest absolute Gasteiger partial charge is 0.343 e. The predicted molar refractivity (Wildman–Crippen MR) is 62.3 cm³/mol. The van der Waals surface area contributed by atoms with E-state index < -0.39 is 0 Å². The third-order valence-electron chi connectivity index (χ3n) is 2.14. The normalized spacial score (nSPS) is 9.81. The van der Waals surface area contributed by atoms with E-state index in [0.717, 1.165) is 5.56 Å². The number of carbonyl (C=O) groups excluding carboxylic acids is 1. The summed E-state index contributed by atoms with van der Waals surface area (Å²) in [5.74, 6) is 0.179. The molecule has 1 radical (unpaired) electrons. The maximum Gasteiger partial charge on any atom is 0.343 e. The van der Waals surface area contributed by atoms with E-state index in [1.165, 1.54) is 0 Å². The molecule has 0 spiro atoms. The van der Waals surface area contributed by atoms with Crippen molar-refractivity contribution in [3.05, 3.63) is 72.6 Å². The molecule has 0 aliphatic carbocycles. The van der Waals surface area contributed by atoms with Crippen molar-refractivity contribution in [1.29, 1.82) is 0 Å². The number of esters is 1. The fourth-order valence-corrected chi connectivity index (χ4v) is 1.30. The molecule has 16 heavy (non-hydrogen) atoms. The first-order chi connectivity index (χ1) is 7.75. The van der Waals surface area contributed by atoms with Crippen LogP contribution in [0.15, 0.2) is 54.6 Å². The third kappa shape index (κ3) is 2.48. The van der Waals surface area contributed by atoms with Crippen LogP contribution in [0, 0.1) is 6.92 Å². The zero-order valence-electron chi connectivity index (χ0n) is 8.72. The molecule has 0 atom stereocenters. The highest BCUT2D eigenvalue weighted by molar-refractivity contribution is 5.90. The molecule has 0 amide bonds. The van der Waals surface area contributed by atoms with Crippen LogP contribution in [0.3, 0.4) is 0 Å². The average molecular weight is 211 g/mol. The van der Waals surface area contributed by atoms with Gasteiger partial charge < -0.3 is 4.74 Å². The van der Waals surface area contributed by atoms with Crippen LogP contribution in [0.2, 0.25) is 0 Å². The molecule has 0 saturated carbocycles. The predicted octanol–water partition coefficient (Wildman–Crippen LogP) is 3.09. The quantitative estimate of drug-likeness (QED) is 0.563. The van der Waals surface area contributed by atoms with Gasteiger partial charge in [0.05, 0.1) is 5.56 Å². The standard InChI is InChI=1S/C14H11O2/c1-11-7-9-13(10-8-11)16-14(15)12-5-3-2-4-6-12/h2-10H,1H2. The minimum atomic E-state index is -0.350. The van der Waals surface area contributed by atoms with Crippen LogP contribution in [-0.2, 0) is 0 Å². The highest BCUT2D eigenvalue weighted by Gasteiger charge is 2.06. The summed E-state index contributed by atoms with van der Waals surface area (Å²) in [5.41, 5.74) is 1.43. The Labute approximate surface area is 94.5 Å². The van der Waals surface area contributed by atoms with Gasteiger partial charge in [-0.3, -0.25) is 0 Å². The number of benzene rings is 2. The molecule has 0 aliphatic rings. The van der Waals surface area contributed by atoms with Crippen LogP contribution in [0.25, 0.3) is 0 Å². The summed E-state index contributed by atoms with van der Waals surface area (Å²) in [7, 11) is 0. The van der Waals surface area contributed by atoms with Crippen LogP contribution in [0.1, 0.15) is 15.9 Å². The molecule has 0 N–H and O–H groups in total. The van der Waals surface area contributed by atoms with E-state index in [1.807, 2.05) is 6.07 Å². The summed E-state index contributed by atoms with van der Waals surface area (Å²) in [6, 6.07) is 15.9. The number of ether oxygens (including phenoxy) is 1. The van der Waals surface area contributed by atoms with Crippen molar-refractivity contribution in [1.82, 2.24) is 0 Å². The van der Waals surface area contributed by atoms with E-state index in [0.29, 0.717) is 11.3 Å². The van der Waals surface area contributed by atoms with E-state index in [1.54, 1.807) is 48.5 Å². The second-order valence-corrected chi connectivity index (χ2v) is 3.40. The molecule has 0 aliphatic heterocycles. The van der Waals surface area contributed by atoms with Gasteiger partial charge in [0.15, 0.2) is 0 Å². The largest absolute Gasteiger partial charge is 0.423 e. The van der Waals surface area contributed by atoms with Gasteiger partial charge in [0, 0.05) is 0 Å². The average Bonchev–Trinajstić information content (AvgIpc) is 2.33. The minimum absolute atomic E-state index is 0.350. The zero-order valence-corrected chi connectivity index (χ0v) is 8.72. The molecule has 2 aromatic rings. The maximum atomic E-state index is 11.7. The molecular weight excluding hydrogens is 200 g/mol. The molecule has 79 valence electrons. The molecule has 2 aromatic carbocycles. The molecule has 0 heterocycles. The van der Waals surface area contributed by atoms with Gasteiger partial charge in [0.1, 0.15) is 5.75 Å². The minimum Gasteiger partial charge on any atom is -0.423 e. The van der Waals surface area contributed by atoms with Gasteiger partial charge in [-0.05, 0) is 36.8 Å². The fourth-order valence-electron chi connectivity index (χ4n) is 1.30. The molecule has 0 fully saturated rings. The second-order valence-electron chi connectivity index (χ2n) is 3.40. The topological polar surface area (TPSA) is 26.3 Å². The van der Waals surface area contributed by atoms with Gasteiger partial charge in [-0.25, -0.2) is 4.79 Å². The highest BCUT2D eigenvalue weighted by Crippen LogP contribution is 2.13. The summed E-state index contributed by atoms with van der Waals surface area (Å²) < 4.78 is 5.19. The van der Waals surface area contributed by atoms with Crippen molar-refractivity contribution in [3.8, 4) is 5.75 Å². The van der Waals surface area contributed by atoms with Crippen LogP contribution in [0.5, 0.6) is 5.75 Å². The van der Waals surface area contributed by atoms with Crippen molar-refractivity contribution < 1.29 is 9.53 Å². The molecule has 0 aromatic heterocycles. The monoisotopic (exact) mass is 211 g/mol. The number of carbonyl (C=O) groups is 1. The molecular formula is C14H11O2. The van der Waals surface area contributed by atoms with E-state index in [-0.39, 0.29) is 5.97 Å². The first-order valence-electron chi connectivity index (χ1n) is 4.95. The third-order valence-corrected chi connectivity index (χ3v) is 2.14. The van der Waals surface area contributed by atoms with Crippen LogP contribution >= 0.6 is 0 Å².